The fourth-order valence-electron chi connectivity index (χ4n) is 1.93. The van der Waals surface area contributed by atoms with Crippen LogP contribution in [-0.2, 0) is 6.42 Å². The number of halogens is 1. The third-order valence-electron chi connectivity index (χ3n) is 2.85. The first-order valence-corrected chi connectivity index (χ1v) is 6.90. The molecule has 0 N–H and O–H groups in total. The van der Waals surface area contributed by atoms with Crippen molar-refractivity contribution in [2.24, 2.45) is 0 Å². The van der Waals surface area contributed by atoms with Gasteiger partial charge in [0.05, 0.1) is 11.1 Å². The largest absolute Gasteiger partial charge is 0.469 e. The number of aryl methyl sites for hydroxylation is 2. The first-order chi connectivity index (χ1) is 8.20. The van der Waals surface area contributed by atoms with Gasteiger partial charge in [-0.25, -0.2) is 0 Å². The molecule has 0 aliphatic rings. The topological polar surface area (TPSA) is 13.1 Å². The van der Waals surface area contributed by atoms with E-state index in [0.717, 1.165) is 12.2 Å². The highest BCUT2D eigenvalue weighted by molar-refractivity contribution is 9.09. The van der Waals surface area contributed by atoms with Crippen LogP contribution in [0.15, 0.2) is 41.0 Å². The van der Waals surface area contributed by atoms with Crippen molar-refractivity contribution in [3.63, 3.8) is 0 Å². The Balaban J connectivity index is 2.16. The number of hydrogen-bond donors (Lipinski definition) is 0. The highest BCUT2D eigenvalue weighted by atomic mass is 79.9. The summed E-state index contributed by atoms with van der Waals surface area (Å²) < 4.78 is 5.34. The van der Waals surface area contributed by atoms with Crippen molar-refractivity contribution in [1.29, 1.82) is 0 Å². The molecular formula is C15H17BrO. The van der Waals surface area contributed by atoms with E-state index in [1.54, 1.807) is 0 Å². The minimum atomic E-state index is 0.218. The van der Waals surface area contributed by atoms with Crippen molar-refractivity contribution in [2.45, 2.75) is 31.5 Å². The fourth-order valence-corrected chi connectivity index (χ4v) is 2.48. The van der Waals surface area contributed by atoms with Crippen LogP contribution in [0.2, 0.25) is 0 Å². The third-order valence-corrected chi connectivity index (χ3v) is 3.91. The quantitative estimate of drug-likeness (QED) is 0.721. The van der Waals surface area contributed by atoms with Gasteiger partial charge in [-0.3, -0.25) is 0 Å². The summed E-state index contributed by atoms with van der Waals surface area (Å²) in [5.74, 6) is 0.951. The molecule has 0 saturated carbocycles. The number of benzene rings is 1. The van der Waals surface area contributed by atoms with Crippen LogP contribution < -0.4 is 0 Å². The Labute approximate surface area is 111 Å². The maximum absolute atomic E-state index is 5.34. The predicted octanol–water partition coefficient (Wildman–Crippen LogP) is 5.02. The van der Waals surface area contributed by atoms with E-state index >= 15 is 0 Å². The van der Waals surface area contributed by atoms with Gasteiger partial charge in [-0.2, -0.15) is 0 Å². The molecule has 2 rings (SSSR count). The van der Waals surface area contributed by atoms with E-state index in [2.05, 4.69) is 53.2 Å². The zero-order valence-electron chi connectivity index (χ0n) is 10.2. The van der Waals surface area contributed by atoms with Crippen molar-refractivity contribution < 1.29 is 4.42 Å². The molecule has 1 nitrogen and oxygen atoms in total. The zero-order chi connectivity index (χ0) is 12.3. The van der Waals surface area contributed by atoms with Crippen molar-refractivity contribution >= 4 is 15.9 Å². The molecule has 2 aromatic rings. The number of hydrogen-bond acceptors (Lipinski definition) is 1. The first kappa shape index (κ1) is 12.4. The summed E-state index contributed by atoms with van der Waals surface area (Å²) in [6.45, 7) is 4.17. The van der Waals surface area contributed by atoms with Crippen molar-refractivity contribution in [2.75, 3.05) is 0 Å². The van der Waals surface area contributed by atoms with Gasteiger partial charge >= 0.3 is 0 Å². The lowest BCUT2D eigenvalue weighted by atomic mass is 10.0. The molecule has 0 saturated heterocycles. The molecule has 1 atom stereocenters. The normalized spacial score (nSPS) is 12.6. The highest BCUT2D eigenvalue weighted by Crippen LogP contribution is 2.31. The second-order valence-corrected chi connectivity index (χ2v) is 5.26. The van der Waals surface area contributed by atoms with Gasteiger partial charge in [0.2, 0.25) is 0 Å². The van der Waals surface area contributed by atoms with E-state index in [1.165, 1.54) is 23.1 Å². The van der Waals surface area contributed by atoms with Crippen LogP contribution in [0.5, 0.6) is 0 Å². The molecule has 1 aromatic carbocycles. The summed E-state index contributed by atoms with van der Waals surface area (Å²) in [5, 5.41) is 0. The maximum atomic E-state index is 5.34. The standard InChI is InChI=1S/C15H17BrO/c1-3-4-12-5-7-13(8-6-12)15(16)14-9-11(2)17-10-14/h5-10,15H,3-4H2,1-2H3. The number of furan rings is 1. The lowest BCUT2D eigenvalue weighted by Gasteiger charge is -2.08. The van der Waals surface area contributed by atoms with E-state index in [-0.39, 0.29) is 4.83 Å². The predicted molar refractivity (Wildman–Crippen MR) is 74.7 cm³/mol. The van der Waals surface area contributed by atoms with Gasteiger partial charge in [-0.1, -0.05) is 53.5 Å². The van der Waals surface area contributed by atoms with E-state index in [0.29, 0.717) is 0 Å². The Morgan fingerprint density at radius 2 is 1.88 bits per heavy atom. The molecule has 1 aromatic heterocycles. The van der Waals surface area contributed by atoms with Gasteiger partial charge in [0.15, 0.2) is 0 Å². The average molecular weight is 293 g/mol. The van der Waals surface area contributed by atoms with Crippen LogP contribution in [0, 0.1) is 6.92 Å². The molecular weight excluding hydrogens is 276 g/mol. The monoisotopic (exact) mass is 292 g/mol. The molecule has 0 fully saturated rings. The molecule has 90 valence electrons. The SMILES string of the molecule is CCCc1ccc(C(Br)c2coc(C)c2)cc1. The molecule has 1 heterocycles. The second kappa shape index (κ2) is 5.54. The molecule has 0 aliphatic heterocycles. The minimum Gasteiger partial charge on any atom is -0.469 e. The smallest absolute Gasteiger partial charge is 0.101 e. The number of rotatable bonds is 4. The summed E-state index contributed by atoms with van der Waals surface area (Å²) in [6.07, 6.45) is 4.16. The molecule has 17 heavy (non-hydrogen) atoms. The summed E-state index contributed by atoms with van der Waals surface area (Å²) in [7, 11) is 0. The summed E-state index contributed by atoms with van der Waals surface area (Å²) in [6, 6.07) is 10.9. The van der Waals surface area contributed by atoms with E-state index < -0.39 is 0 Å². The lowest BCUT2D eigenvalue weighted by Crippen LogP contribution is -1.91. The van der Waals surface area contributed by atoms with Gasteiger partial charge in [0.1, 0.15) is 5.76 Å². The molecule has 0 spiro atoms. The van der Waals surface area contributed by atoms with E-state index in [4.69, 9.17) is 4.42 Å². The Morgan fingerprint density at radius 3 is 2.41 bits per heavy atom. The van der Waals surface area contributed by atoms with Gasteiger partial charge in [0, 0.05) is 5.56 Å². The van der Waals surface area contributed by atoms with Gasteiger partial charge in [-0.15, -0.1) is 0 Å². The van der Waals surface area contributed by atoms with Gasteiger partial charge in [-0.05, 0) is 30.5 Å². The summed E-state index contributed by atoms with van der Waals surface area (Å²) in [4.78, 5) is 0.218. The van der Waals surface area contributed by atoms with Crippen molar-refractivity contribution in [3.8, 4) is 0 Å². The van der Waals surface area contributed by atoms with Crippen LogP contribution in [0.1, 0.15) is 40.6 Å². The molecule has 2 heteroatoms. The highest BCUT2D eigenvalue weighted by Gasteiger charge is 2.12. The van der Waals surface area contributed by atoms with Crippen LogP contribution >= 0.6 is 15.9 Å². The Kier molecular flexibility index (Phi) is 4.06. The van der Waals surface area contributed by atoms with E-state index in [1.807, 2.05) is 13.2 Å². The molecule has 0 radical (unpaired) electrons. The van der Waals surface area contributed by atoms with E-state index in [9.17, 15) is 0 Å². The Bertz CT molecular complexity index is 470. The Morgan fingerprint density at radius 1 is 1.18 bits per heavy atom. The van der Waals surface area contributed by atoms with Crippen LogP contribution in [0.3, 0.4) is 0 Å². The first-order valence-electron chi connectivity index (χ1n) is 5.98. The molecule has 1 unspecified atom stereocenters. The lowest BCUT2D eigenvalue weighted by molar-refractivity contribution is 0.532. The Hall–Kier alpha value is -1.02. The van der Waals surface area contributed by atoms with Crippen molar-refractivity contribution in [1.82, 2.24) is 0 Å². The minimum absolute atomic E-state index is 0.218. The third kappa shape index (κ3) is 3.01. The zero-order valence-corrected chi connectivity index (χ0v) is 11.8. The second-order valence-electron chi connectivity index (χ2n) is 4.34. The molecule has 0 bridgehead atoms. The van der Waals surface area contributed by atoms with Crippen LogP contribution in [-0.4, -0.2) is 0 Å². The maximum Gasteiger partial charge on any atom is 0.101 e. The number of alkyl halides is 1. The fraction of sp³-hybridized carbons (Fsp3) is 0.333. The van der Waals surface area contributed by atoms with Crippen LogP contribution in [0.4, 0.5) is 0 Å². The van der Waals surface area contributed by atoms with Crippen molar-refractivity contribution in [3.05, 3.63) is 59.0 Å². The summed E-state index contributed by atoms with van der Waals surface area (Å²) >= 11 is 3.71. The summed E-state index contributed by atoms with van der Waals surface area (Å²) in [5.41, 5.74) is 3.84. The average Bonchev–Trinajstić information content (AvgIpc) is 2.76. The van der Waals surface area contributed by atoms with Crippen LogP contribution in [0.25, 0.3) is 0 Å². The molecule has 0 amide bonds. The van der Waals surface area contributed by atoms with Gasteiger partial charge in [0.25, 0.3) is 0 Å². The van der Waals surface area contributed by atoms with Gasteiger partial charge < -0.3 is 4.42 Å². The molecule has 0 aliphatic carbocycles.